The van der Waals surface area contributed by atoms with Gasteiger partial charge in [-0.15, -0.1) is 0 Å². The predicted octanol–water partition coefficient (Wildman–Crippen LogP) is -1.05. The molecule has 0 amide bonds. The van der Waals surface area contributed by atoms with Gasteiger partial charge in [0.15, 0.2) is 0 Å². The minimum Gasteiger partial charge on any atom is -0.480 e. The summed E-state index contributed by atoms with van der Waals surface area (Å²) in [5, 5.41) is 8.23. The van der Waals surface area contributed by atoms with Crippen LogP contribution in [0.2, 0.25) is 0 Å². The Labute approximate surface area is 52.5 Å². The molecule has 0 bridgehead atoms. The summed E-state index contributed by atoms with van der Waals surface area (Å²) in [6.45, 7) is 1.45. The molecule has 52 valence electrons. The molecule has 1 atom stereocenters. The third-order valence-electron chi connectivity index (χ3n) is 0.730. The summed E-state index contributed by atoms with van der Waals surface area (Å²) in [7, 11) is 0. The number of aliphatic carboxylic acids is 1. The van der Waals surface area contributed by atoms with Gasteiger partial charge in [-0.1, -0.05) is 0 Å². The lowest BCUT2D eigenvalue weighted by atomic mass is 10.4. The van der Waals surface area contributed by atoms with Crippen molar-refractivity contribution in [3.8, 4) is 0 Å². The van der Waals surface area contributed by atoms with Crippen LogP contribution in [0, 0.1) is 0 Å². The van der Waals surface area contributed by atoms with Gasteiger partial charge >= 0.3 is 5.97 Å². The van der Waals surface area contributed by atoms with E-state index in [0.29, 0.717) is 0 Å². The van der Waals surface area contributed by atoms with Crippen LogP contribution in [0.3, 0.4) is 0 Å². The average Bonchev–Trinajstić information content (AvgIpc) is 1.82. The number of carboxylic acid groups (broad SMARTS) is 1. The van der Waals surface area contributed by atoms with Gasteiger partial charge in [0.2, 0.25) is 0 Å². The normalized spacial score (nSPS) is 13.6. The lowest BCUT2D eigenvalue weighted by Crippen LogP contribution is -2.22. The van der Waals surface area contributed by atoms with Crippen molar-refractivity contribution in [2.75, 3.05) is 0 Å². The maximum Gasteiger partial charge on any atom is 0.328 e. The van der Waals surface area contributed by atoms with E-state index in [-0.39, 0.29) is 0 Å². The maximum absolute atomic E-state index is 10.0. The maximum atomic E-state index is 10.0. The van der Waals surface area contributed by atoms with Crippen LogP contribution in [0.1, 0.15) is 6.92 Å². The van der Waals surface area contributed by atoms with Crippen molar-refractivity contribution in [1.29, 1.82) is 0 Å². The van der Waals surface area contributed by atoms with Crippen molar-refractivity contribution in [3.05, 3.63) is 0 Å². The topological polar surface area (TPSA) is 87.7 Å². The van der Waals surface area contributed by atoms with E-state index in [4.69, 9.17) is 10.9 Å². The highest BCUT2D eigenvalue weighted by molar-refractivity contribution is 5.75. The second-order valence-corrected chi connectivity index (χ2v) is 1.46. The van der Waals surface area contributed by atoms with Gasteiger partial charge in [-0.3, -0.25) is 4.99 Å². The fourth-order valence-corrected chi connectivity index (χ4v) is 0.219. The molecule has 5 heteroatoms. The van der Waals surface area contributed by atoms with E-state index in [1.807, 2.05) is 0 Å². The summed E-state index contributed by atoms with van der Waals surface area (Å²) in [5.74, 6) is 3.81. The van der Waals surface area contributed by atoms with E-state index in [1.54, 1.807) is 0 Å². The van der Waals surface area contributed by atoms with Gasteiger partial charge in [-0.2, -0.15) is 0 Å². The number of aliphatic imine (C=N–C) groups is 1. The molecule has 0 aromatic carbocycles. The zero-order valence-corrected chi connectivity index (χ0v) is 5.03. The van der Waals surface area contributed by atoms with Crippen molar-refractivity contribution in [3.63, 3.8) is 0 Å². The van der Waals surface area contributed by atoms with E-state index >= 15 is 0 Å². The number of carbonyl (C=O) groups is 1. The summed E-state index contributed by atoms with van der Waals surface area (Å²) in [6.07, 6.45) is 1.14. The van der Waals surface area contributed by atoms with Gasteiger partial charge in [0, 0.05) is 0 Å². The van der Waals surface area contributed by atoms with Crippen LogP contribution in [0.15, 0.2) is 4.99 Å². The highest BCUT2D eigenvalue weighted by Gasteiger charge is 2.05. The molecule has 0 heterocycles. The van der Waals surface area contributed by atoms with Gasteiger partial charge in [-0.25, -0.2) is 10.6 Å². The first-order valence-corrected chi connectivity index (χ1v) is 2.39. The monoisotopic (exact) mass is 131 g/mol. The Morgan fingerprint density at radius 2 is 2.56 bits per heavy atom. The third kappa shape index (κ3) is 3.48. The molecule has 0 saturated heterocycles. The van der Waals surface area contributed by atoms with Crippen LogP contribution < -0.4 is 11.3 Å². The summed E-state index contributed by atoms with van der Waals surface area (Å²) in [4.78, 5) is 13.5. The van der Waals surface area contributed by atoms with Crippen molar-refractivity contribution < 1.29 is 9.90 Å². The van der Waals surface area contributed by atoms with Gasteiger partial charge in [0.1, 0.15) is 6.04 Å². The molecule has 0 saturated carbocycles. The third-order valence-corrected chi connectivity index (χ3v) is 0.730. The van der Waals surface area contributed by atoms with Crippen LogP contribution in [-0.2, 0) is 4.79 Å². The molecule has 0 fully saturated rings. The first-order valence-electron chi connectivity index (χ1n) is 2.39. The van der Waals surface area contributed by atoms with Gasteiger partial charge in [-0.05, 0) is 6.92 Å². The molecule has 0 aliphatic heterocycles. The molecular weight excluding hydrogens is 122 g/mol. The van der Waals surface area contributed by atoms with Crippen LogP contribution in [0.25, 0.3) is 0 Å². The number of nitrogens with zero attached hydrogens (tertiary/aromatic N) is 1. The number of hydrazine groups is 1. The number of nitrogens with two attached hydrogens (primary N) is 1. The van der Waals surface area contributed by atoms with Crippen LogP contribution >= 0.6 is 0 Å². The van der Waals surface area contributed by atoms with E-state index in [9.17, 15) is 4.79 Å². The Bertz CT molecular complexity index is 123. The number of nitrogens with one attached hydrogen (secondary N) is 1. The first-order chi connectivity index (χ1) is 4.18. The van der Waals surface area contributed by atoms with Crippen molar-refractivity contribution in [1.82, 2.24) is 5.43 Å². The number of hydrogen-bond acceptors (Lipinski definition) is 3. The standard InChI is InChI=1S/C4H9N3O2/c1-3(4(8)9)6-2-7-5/h2-3H,5H2,1H3,(H,6,7)(H,8,9). The fourth-order valence-electron chi connectivity index (χ4n) is 0.219. The molecule has 0 rings (SSSR count). The van der Waals surface area contributed by atoms with Gasteiger partial charge in [0.25, 0.3) is 0 Å². The highest BCUT2D eigenvalue weighted by Crippen LogP contribution is 1.84. The SMILES string of the molecule is CC(N=CNN)C(=O)O. The molecule has 1 unspecified atom stereocenters. The number of carboxylic acids is 1. The fraction of sp³-hybridized carbons (Fsp3) is 0.500. The molecular formula is C4H9N3O2. The summed E-state index contributed by atoms with van der Waals surface area (Å²) >= 11 is 0. The molecule has 0 aliphatic rings. The Kier molecular flexibility index (Phi) is 3.38. The van der Waals surface area contributed by atoms with Crippen LogP contribution in [-0.4, -0.2) is 23.5 Å². The lowest BCUT2D eigenvalue weighted by Gasteiger charge is -1.95. The van der Waals surface area contributed by atoms with E-state index in [1.165, 1.54) is 6.92 Å². The lowest BCUT2D eigenvalue weighted by molar-refractivity contribution is -0.137. The Hall–Kier alpha value is -1.10. The largest absolute Gasteiger partial charge is 0.480 e. The quantitative estimate of drug-likeness (QED) is 0.197. The molecule has 0 radical (unpaired) electrons. The van der Waals surface area contributed by atoms with Gasteiger partial charge < -0.3 is 10.5 Å². The van der Waals surface area contributed by atoms with E-state index in [2.05, 4.69) is 10.4 Å². The van der Waals surface area contributed by atoms with E-state index in [0.717, 1.165) is 6.34 Å². The molecule has 5 nitrogen and oxygen atoms in total. The van der Waals surface area contributed by atoms with Crippen LogP contribution in [0.5, 0.6) is 0 Å². The summed E-state index contributed by atoms with van der Waals surface area (Å²) in [5.41, 5.74) is 2.10. The Morgan fingerprint density at radius 1 is 2.00 bits per heavy atom. The number of hydrogen-bond donors (Lipinski definition) is 3. The summed E-state index contributed by atoms with van der Waals surface area (Å²) < 4.78 is 0. The minimum absolute atomic E-state index is 0.735. The second kappa shape index (κ2) is 3.85. The minimum atomic E-state index is -0.971. The molecule has 0 aliphatic carbocycles. The predicted molar refractivity (Wildman–Crippen MR) is 32.9 cm³/mol. The molecule has 9 heavy (non-hydrogen) atoms. The smallest absolute Gasteiger partial charge is 0.328 e. The molecule has 4 N–H and O–H groups in total. The Morgan fingerprint density at radius 3 is 2.89 bits per heavy atom. The zero-order chi connectivity index (χ0) is 7.28. The van der Waals surface area contributed by atoms with Crippen LogP contribution in [0.4, 0.5) is 0 Å². The Balaban J connectivity index is 3.62. The van der Waals surface area contributed by atoms with Crippen molar-refractivity contribution in [2.45, 2.75) is 13.0 Å². The molecule has 0 spiro atoms. The summed E-state index contributed by atoms with van der Waals surface area (Å²) in [6, 6.07) is -0.735. The first kappa shape index (κ1) is 7.90. The van der Waals surface area contributed by atoms with Gasteiger partial charge in [0.05, 0.1) is 6.34 Å². The molecule has 0 aromatic heterocycles. The molecule has 0 aromatic rings. The van der Waals surface area contributed by atoms with Crippen molar-refractivity contribution in [2.24, 2.45) is 10.8 Å². The second-order valence-electron chi connectivity index (χ2n) is 1.46. The van der Waals surface area contributed by atoms with Crippen molar-refractivity contribution >= 4 is 12.3 Å². The zero-order valence-electron chi connectivity index (χ0n) is 5.03. The van der Waals surface area contributed by atoms with E-state index < -0.39 is 12.0 Å². The average molecular weight is 131 g/mol. The number of rotatable bonds is 3. The highest BCUT2D eigenvalue weighted by atomic mass is 16.4.